The van der Waals surface area contributed by atoms with E-state index in [2.05, 4.69) is 10.4 Å². The predicted octanol–water partition coefficient (Wildman–Crippen LogP) is 3.82. The Kier molecular flexibility index (Phi) is 4.81. The van der Waals surface area contributed by atoms with E-state index >= 15 is 0 Å². The standard InChI is InChI=1S/C23H23N3O4/c1-12-5-7-16(9-13(12)2)26-23-21(14(3)25-26)17(11-20(28)24-23)22(29)15-6-8-18(27)19(10-15)30-4/h5-10,17,27H,11H2,1-4H3,(H,24,28)/t17-/m1/s1. The summed E-state index contributed by atoms with van der Waals surface area (Å²) >= 11 is 0. The summed E-state index contributed by atoms with van der Waals surface area (Å²) in [6, 6.07) is 10.4. The molecule has 2 heterocycles. The van der Waals surface area contributed by atoms with Gasteiger partial charge in [0, 0.05) is 17.5 Å². The molecule has 1 aliphatic rings. The molecule has 7 nitrogen and oxygen atoms in total. The van der Waals surface area contributed by atoms with E-state index in [1.807, 2.05) is 39.0 Å². The second kappa shape index (κ2) is 7.33. The zero-order chi connectivity index (χ0) is 21.6. The SMILES string of the molecule is COc1cc(C(=O)[C@@H]2CC(=O)Nc3c2c(C)nn3-c2ccc(C)c(C)c2)ccc1O. The fourth-order valence-electron chi connectivity index (χ4n) is 3.85. The molecule has 3 aromatic rings. The normalized spacial score (nSPS) is 15.5. The molecule has 0 fully saturated rings. The van der Waals surface area contributed by atoms with Crippen LogP contribution in [0.1, 0.15) is 45.1 Å². The second-order valence-electron chi connectivity index (χ2n) is 7.58. The van der Waals surface area contributed by atoms with Crippen molar-refractivity contribution >= 4 is 17.5 Å². The van der Waals surface area contributed by atoms with Crippen LogP contribution in [0.15, 0.2) is 36.4 Å². The van der Waals surface area contributed by atoms with E-state index in [0.29, 0.717) is 22.6 Å². The maximum Gasteiger partial charge on any atom is 0.226 e. The van der Waals surface area contributed by atoms with Gasteiger partial charge in [-0.1, -0.05) is 6.07 Å². The number of aryl methyl sites for hydroxylation is 3. The molecule has 0 spiro atoms. The van der Waals surface area contributed by atoms with Crippen molar-refractivity contribution in [3.8, 4) is 17.2 Å². The highest BCUT2D eigenvalue weighted by atomic mass is 16.5. The molecule has 1 amide bonds. The van der Waals surface area contributed by atoms with Crippen molar-refractivity contribution in [1.29, 1.82) is 0 Å². The highest BCUT2D eigenvalue weighted by Gasteiger charge is 2.36. The summed E-state index contributed by atoms with van der Waals surface area (Å²) in [7, 11) is 1.42. The molecule has 154 valence electrons. The van der Waals surface area contributed by atoms with Crippen molar-refractivity contribution in [3.63, 3.8) is 0 Å². The van der Waals surface area contributed by atoms with E-state index in [-0.39, 0.29) is 29.6 Å². The summed E-state index contributed by atoms with van der Waals surface area (Å²) in [6.07, 6.45) is 0.0362. The summed E-state index contributed by atoms with van der Waals surface area (Å²) in [5.41, 5.74) is 4.86. The lowest BCUT2D eigenvalue weighted by atomic mass is 9.85. The number of rotatable bonds is 4. The van der Waals surface area contributed by atoms with Crippen LogP contribution in [0.3, 0.4) is 0 Å². The number of nitrogens with one attached hydrogen (secondary N) is 1. The fourth-order valence-corrected chi connectivity index (χ4v) is 3.85. The summed E-state index contributed by atoms with van der Waals surface area (Å²) in [5, 5.41) is 17.3. The molecular weight excluding hydrogens is 382 g/mol. The molecule has 0 aliphatic carbocycles. The Morgan fingerprint density at radius 1 is 1.17 bits per heavy atom. The fraction of sp³-hybridized carbons (Fsp3) is 0.261. The highest BCUT2D eigenvalue weighted by molar-refractivity contribution is 6.08. The molecule has 0 radical (unpaired) electrons. The number of aromatic nitrogens is 2. The van der Waals surface area contributed by atoms with Crippen molar-refractivity contribution in [2.75, 3.05) is 12.4 Å². The average Bonchev–Trinajstić information content (AvgIpc) is 3.05. The van der Waals surface area contributed by atoms with Gasteiger partial charge < -0.3 is 15.2 Å². The summed E-state index contributed by atoms with van der Waals surface area (Å²) in [5.74, 6) is -0.429. The third-order valence-electron chi connectivity index (χ3n) is 5.62. The molecule has 1 atom stereocenters. The zero-order valence-corrected chi connectivity index (χ0v) is 17.3. The van der Waals surface area contributed by atoms with Crippen LogP contribution in [-0.2, 0) is 4.79 Å². The smallest absolute Gasteiger partial charge is 0.226 e. The number of ketones is 1. The number of anilines is 1. The first-order valence-electron chi connectivity index (χ1n) is 9.68. The van der Waals surface area contributed by atoms with Crippen LogP contribution in [0, 0.1) is 20.8 Å². The number of carbonyl (C=O) groups is 2. The number of ether oxygens (including phenoxy) is 1. The monoisotopic (exact) mass is 405 g/mol. The number of methoxy groups -OCH3 is 1. The summed E-state index contributed by atoms with van der Waals surface area (Å²) in [4.78, 5) is 25.8. The van der Waals surface area contributed by atoms with Gasteiger partial charge in [-0.2, -0.15) is 5.10 Å². The number of hydrogen-bond donors (Lipinski definition) is 2. The van der Waals surface area contributed by atoms with Gasteiger partial charge in [0.05, 0.1) is 24.4 Å². The number of Topliss-reactive ketones (excluding diaryl/α,β-unsaturated/α-hetero) is 1. The van der Waals surface area contributed by atoms with Gasteiger partial charge in [-0.25, -0.2) is 4.68 Å². The van der Waals surface area contributed by atoms with Gasteiger partial charge in [-0.05, 0) is 62.2 Å². The Bertz CT molecular complexity index is 1180. The molecule has 0 saturated heterocycles. The lowest BCUT2D eigenvalue weighted by molar-refractivity contribution is -0.116. The van der Waals surface area contributed by atoms with E-state index in [1.165, 1.54) is 25.3 Å². The molecule has 4 rings (SSSR count). The van der Waals surface area contributed by atoms with E-state index in [0.717, 1.165) is 16.8 Å². The van der Waals surface area contributed by atoms with Gasteiger partial charge >= 0.3 is 0 Å². The van der Waals surface area contributed by atoms with Gasteiger partial charge in [-0.15, -0.1) is 0 Å². The lowest BCUT2D eigenvalue weighted by Gasteiger charge is -2.23. The number of carbonyl (C=O) groups excluding carboxylic acids is 2. The maximum atomic E-state index is 13.3. The largest absolute Gasteiger partial charge is 0.504 e. The number of amides is 1. The minimum atomic E-state index is -0.664. The second-order valence-corrected chi connectivity index (χ2v) is 7.58. The van der Waals surface area contributed by atoms with Gasteiger partial charge in [0.1, 0.15) is 5.82 Å². The third-order valence-corrected chi connectivity index (χ3v) is 5.62. The van der Waals surface area contributed by atoms with Crippen LogP contribution < -0.4 is 10.1 Å². The number of phenols is 1. The first kappa shape index (κ1) is 19.7. The highest BCUT2D eigenvalue weighted by Crippen LogP contribution is 2.39. The molecule has 1 aromatic heterocycles. The van der Waals surface area contributed by atoms with Gasteiger partial charge in [-0.3, -0.25) is 9.59 Å². The van der Waals surface area contributed by atoms with E-state index < -0.39 is 5.92 Å². The van der Waals surface area contributed by atoms with Gasteiger partial charge in [0.25, 0.3) is 0 Å². The van der Waals surface area contributed by atoms with Crippen LogP contribution >= 0.6 is 0 Å². The third kappa shape index (κ3) is 3.22. The Morgan fingerprint density at radius 2 is 1.93 bits per heavy atom. The van der Waals surface area contributed by atoms with Crippen molar-refractivity contribution in [2.24, 2.45) is 0 Å². The van der Waals surface area contributed by atoms with Crippen LogP contribution in [0.25, 0.3) is 5.69 Å². The topological polar surface area (TPSA) is 93.5 Å². The molecule has 30 heavy (non-hydrogen) atoms. The molecule has 2 N–H and O–H groups in total. The van der Waals surface area contributed by atoms with Crippen molar-refractivity contribution < 1.29 is 19.4 Å². The van der Waals surface area contributed by atoms with Gasteiger partial charge in [0.15, 0.2) is 17.3 Å². The molecule has 1 aliphatic heterocycles. The van der Waals surface area contributed by atoms with E-state index in [9.17, 15) is 14.7 Å². The first-order valence-corrected chi connectivity index (χ1v) is 9.68. The summed E-state index contributed by atoms with van der Waals surface area (Å²) in [6.45, 7) is 5.89. The number of nitrogens with zero attached hydrogens (tertiary/aromatic N) is 2. The first-order chi connectivity index (χ1) is 14.3. The molecule has 2 aromatic carbocycles. The van der Waals surface area contributed by atoms with Crippen LogP contribution in [0.2, 0.25) is 0 Å². The Balaban J connectivity index is 1.81. The van der Waals surface area contributed by atoms with Crippen molar-refractivity contribution in [3.05, 3.63) is 64.3 Å². The molecule has 7 heteroatoms. The maximum absolute atomic E-state index is 13.3. The van der Waals surface area contributed by atoms with E-state index in [4.69, 9.17) is 4.74 Å². The molecule has 0 unspecified atom stereocenters. The summed E-state index contributed by atoms with van der Waals surface area (Å²) < 4.78 is 6.81. The quantitative estimate of drug-likeness (QED) is 0.644. The van der Waals surface area contributed by atoms with Crippen molar-refractivity contribution in [1.82, 2.24) is 9.78 Å². The number of benzene rings is 2. The average molecular weight is 405 g/mol. The molecule has 0 bridgehead atoms. The number of fused-ring (bicyclic) bond motifs is 1. The van der Waals surface area contributed by atoms with E-state index in [1.54, 1.807) is 4.68 Å². The van der Waals surface area contributed by atoms with Crippen molar-refractivity contribution in [2.45, 2.75) is 33.1 Å². The molecular formula is C23H23N3O4. The number of hydrogen-bond acceptors (Lipinski definition) is 5. The number of phenolic OH excluding ortho intramolecular Hbond substituents is 1. The Morgan fingerprint density at radius 3 is 2.63 bits per heavy atom. The van der Waals surface area contributed by atoms with Crippen LogP contribution in [0.4, 0.5) is 5.82 Å². The Labute approximate surface area is 174 Å². The van der Waals surface area contributed by atoms with Crippen LogP contribution in [-0.4, -0.2) is 33.7 Å². The zero-order valence-electron chi connectivity index (χ0n) is 17.3. The van der Waals surface area contributed by atoms with Gasteiger partial charge in [0.2, 0.25) is 5.91 Å². The lowest BCUT2D eigenvalue weighted by Crippen LogP contribution is -2.28. The minimum Gasteiger partial charge on any atom is -0.504 e. The number of aromatic hydroxyl groups is 1. The predicted molar refractivity (Wildman–Crippen MR) is 113 cm³/mol. The molecule has 0 saturated carbocycles. The minimum absolute atomic E-state index is 0.0362. The Hall–Kier alpha value is -3.61. The van der Waals surface area contributed by atoms with Crippen LogP contribution in [0.5, 0.6) is 11.5 Å².